The second kappa shape index (κ2) is 12.5. The average Bonchev–Trinajstić information content (AvgIpc) is 3.29. The first-order chi connectivity index (χ1) is 17.0. The smallest absolute Gasteiger partial charge is 0.304 e. The average molecular weight is 484 g/mol. The lowest BCUT2D eigenvalue weighted by molar-refractivity contribution is -0.137. The second-order valence-electron chi connectivity index (χ2n) is 10.4. The maximum atomic E-state index is 11.7. The molecule has 192 valence electrons. The number of pyridine rings is 1. The van der Waals surface area contributed by atoms with Crippen LogP contribution in [0.2, 0.25) is 0 Å². The molecule has 2 aliphatic heterocycles. The number of allylic oxidation sites excluding steroid dienone is 3. The molecule has 7 nitrogen and oxygen atoms in total. The fourth-order valence-electron chi connectivity index (χ4n) is 5.59. The third kappa shape index (κ3) is 7.55. The first-order valence-corrected chi connectivity index (χ1v) is 13.2. The van der Waals surface area contributed by atoms with Gasteiger partial charge in [0.25, 0.3) is 0 Å². The van der Waals surface area contributed by atoms with Crippen LogP contribution in [0.4, 0.5) is 5.82 Å². The molecule has 4 rings (SSSR count). The number of carboxylic acids is 1. The van der Waals surface area contributed by atoms with Gasteiger partial charge in [-0.05, 0) is 73.8 Å². The number of fused-ring (bicyclic) bond motifs is 1. The summed E-state index contributed by atoms with van der Waals surface area (Å²) in [7, 11) is 1.67. The summed E-state index contributed by atoms with van der Waals surface area (Å²) >= 11 is 0. The van der Waals surface area contributed by atoms with Crippen molar-refractivity contribution in [3.05, 3.63) is 46.9 Å². The molecule has 2 N–H and O–H groups in total. The van der Waals surface area contributed by atoms with E-state index in [0.29, 0.717) is 25.0 Å². The molecule has 0 saturated carbocycles. The van der Waals surface area contributed by atoms with Gasteiger partial charge >= 0.3 is 5.97 Å². The number of aryl methyl sites for hydroxylation is 2. The van der Waals surface area contributed by atoms with Crippen LogP contribution in [0.1, 0.15) is 50.3 Å². The van der Waals surface area contributed by atoms with Gasteiger partial charge in [0.2, 0.25) is 0 Å². The van der Waals surface area contributed by atoms with E-state index in [1.165, 1.54) is 24.1 Å². The predicted molar refractivity (Wildman–Crippen MR) is 137 cm³/mol. The SMILES string of the molecule is COCCOC1=CC([C@H](CC(=O)O)CN2CC[C@@H](CCc3ccc4c(n3)NCCC4)C2)=CC(C)C1. The Hall–Kier alpha value is -2.38. The Balaban J connectivity index is 1.32. The van der Waals surface area contributed by atoms with Crippen molar-refractivity contribution in [2.24, 2.45) is 17.8 Å². The molecule has 0 spiro atoms. The molecular weight excluding hydrogens is 442 g/mol. The number of carbonyl (C=O) groups is 1. The number of anilines is 1. The molecule has 3 aliphatic rings. The molecule has 1 aliphatic carbocycles. The quantitative estimate of drug-likeness (QED) is 0.429. The van der Waals surface area contributed by atoms with E-state index >= 15 is 0 Å². The number of hydrogen-bond acceptors (Lipinski definition) is 6. The highest BCUT2D eigenvalue weighted by Crippen LogP contribution is 2.31. The van der Waals surface area contributed by atoms with E-state index in [0.717, 1.165) is 69.0 Å². The predicted octanol–water partition coefficient (Wildman–Crippen LogP) is 4.30. The summed E-state index contributed by atoms with van der Waals surface area (Å²) in [5.74, 6) is 2.22. The molecule has 1 aromatic rings. The fourth-order valence-corrected chi connectivity index (χ4v) is 5.59. The number of methoxy groups -OCH3 is 1. The third-order valence-electron chi connectivity index (χ3n) is 7.40. The van der Waals surface area contributed by atoms with Crippen molar-refractivity contribution < 1.29 is 19.4 Å². The van der Waals surface area contributed by atoms with Gasteiger partial charge in [-0.3, -0.25) is 4.79 Å². The number of nitrogens with zero attached hydrogens (tertiary/aromatic N) is 2. The Morgan fingerprint density at radius 3 is 3.06 bits per heavy atom. The highest BCUT2D eigenvalue weighted by atomic mass is 16.5. The highest BCUT2D eigenvalue weighted by molar-refractivity contribution is 5.68. The minimum absolute atomic E-state index is 0.0246. The van der Waals surface area contributed by atoms with Crippen LogP contribution in [0.15, 0.2) is 35.6 Å². The Morgan fingerprint density at radius 1 is 1.34 bits per heavy atom. The van der Waals surface area contributed by atoms with Gasteiger partial charge in [-0.2, -0.15) is 0 Å². The van der Waals surface area contributed by atoms with Crippen LogP contribution >= 0.6 is 0 Å². The maximum Gasteiger partial charge on any atom is 0.304 e. The lowest BCUT2D eigenvalue weighted by Gasteiger charge is -2.27. The van der Waals surface area contributed by atoms with Crippen molar-refractivity contribution >= 4 is 11.8 Å². The number of carboxylic acid groups (broad SMARTS) is 1. The van der Waals surface area contributed by atoms with Gasteiger partial charge in [0.15, 0.2) is 0 Å². The number of hydrogen-bond donors (Lipinski definition) is 2. The zero-order chi connectivity index (χ0) is 24.6. The van der Waals surface area contributed by atoms with Gasteiger partial charge in [-0.25, -0.2) is 4.98 Å². The topological polar surface area (TPSA) is 83.9 Å². The first kappa shape index (κ1) is 25.7. The number of rotatable bonds is 12. The van der Waals surface area contributed by atoms with Crippen molar-refractivity contribution in [1.29, 1.82) is 0 Å². The Labute approximate surface area is 209 Å². The Kier molecular flexibility index (Phi) is 9.21. The van der Waals surface area contributed by atoms with E-state index in [1.54, 1.807) is 7.11 Å². The zero-order valence-electron chi connectivity index (χ0n) is 21.3. The number of aromatic nitrogens is 1. The van der Waals surface area contributed by atoms with Crippen molar-refractivity contribution in [2.75, 3.05) is 51.8 Å². The van der Waals surface area contributed by atoms with Gasteiger partial charge in [0.05, 0.1) is 18.8 Å². The minimum Gasteiger partial charge on any atom is -0.496 e. The van der Waals surface area contributed by atoms with Crippen LogP contribution in [-0.4, -0.2) is 67.5 Å². The number of aliphatic carboxylic acids is 1. The molecule has 0 radical (unpaired) electrons. The van der Waals surface area contributed by atoms with Crippen LogP contribution in [0, 0.1) is 17.8 Å². The monoisotopic (exact) mass is 483 g/mol. The molecular formula is C28H41N3O4. The molecule has 1 saturated heterocycles. The first-order valence-electron chi connectivity index (χ1n) is 13.2. The van der Waals surface area contributed by atoms with E-state index in [4.69, 9.17) is 14.5 Å². The van der Waals surface area contributed by atoms with Crippen molar-refractivity contribution in [2.45, 2.75) is 51.9 Å². The van der Waals surface area contributed by atoms with Crippen LogP contribution in [0.5, 0.6) is 0 Å². The van der Waals surface area contributed by atoms with Crippen molar-refractivity contribution in [1.82, 2.24) is 9.88 Å². The minimum atomic E-state index is -0.743. The molecule has 35 heavy (non-hydrogen) atoms. The lowest BCUT2D eigenvalue weighted by Crippen LogP contribution is -2.30. The van der Waals surface area contributed by atoms with Gasteiger partial charge in [0, 0.05) is 44.8 Å². The molecule has 1 unspecified atom stereocenters. The van der Waals surface area contributed by atoms with Crippen LogP contribution in [0.3, 0.4) is 0 Å². The third-order valence-corrected chi connectivity index (χ3v) is 7.40. The number of nitrogens with one attached hydrogen (secondary N) is 1. The van der Waals surface area contributed by atoms with Gasteiger partial charge in [0.1, 0.15) is 12.4 Å². The van der Waals surface area contributed by atoms with Gasteiger partial charge in [-0.15, -0.1) is 0 Å². The van der Waals surface area contributed by atoms with Gasteiger partial charge in [-0.1, -0.05) is 19.1 Å². The number of ether oxygens (including phenoxy) is 2. The summed E-state index contributed by atoms with van der Waals surface area (Å²) in [6.45, 7) is 7.10. The Morgan fingerprint density at radius 2 is 2.23 bits per heavy atom. The fraction of sp³-hybridized carbons (Fsp3) is 0.643. The molecule has 0 bridgehead atoms. The summed E-state index contributed by atoms with van der Waals surface area (Å²) in [5, 5.41) is 13.0. The normalized spacial score (nSPS) is 23.1. The molecule has 7 heteroatoms. The number of likely N-dealkylation sites (tertiary alicyclic amines) is 1. The standard InChI is InChI=1S/C28H41N3O4/c1-20-14-23(16-26(15-20)35-13-12-34-2)24(17-27(32)33)19-31-11-9-21(18-31)5-7-25-8-6-22-4-3-10-29-28(22)30-25/h6,8,14,16,20-21,24H,3-5,7,9-13,15,17-19H2,1-2H3,(H,29,30)(H,32,33)/t20?,21-,24-/m1/s1. The van der Waals surface area contributed by atoms with E-state index in [-0.39, 0.29) is 12.3 Å². The second-order valence-corrected chi connectivity index (χ2v) is 10.4. The van der Waals surface area contributed by atoms with Crippen LogP contribution < -0.4 is 5.32 Å². The van der Waals surface area contributed by atoms with Crippen LogP contribution in [-0.2, 0) is 27.1 Å². The van der Waals surface area contributed by atoms with Crippen LogP contribution in [0.25, 0.3) is 0 Å². The molecule has 0 aromatic carbocycles. The summed E-state index contributed by atoms with van der Waals surface area (Å²) < 4.78 is 11.0. The van der Waals surface area contributed by atoms with E-state index < -0.39 is 5.97 Å². The zero-order valence-corrected chi connectivity index (χ0v) is 21.3. The largest absolute Gasteiger partial charge is 0.496 e. The maximum absolute atomic E-state index is 11.7. The summed E-state index contributed by atoms with van der Waals surface area (Å²) in [5.41, 5.74) is 3.62. The summed E-state index contributed by atoms with van der Waals surface area (Å²) in [6, 6.07) is 4.43. The Bertz CT molecular complexity index is 929. The van der Waals surface area contributed by atoms with E-state index in [2.05, 4.69) is 41.4 Å². The van der Waals surface area contributed by atoms with Gasteiger partial charge < -0.3 is 24.8 Å². The molecule has 1 fully saturated rings. The van der Waals surface area contributed by atoms with E-state index in [1.807, 2.05) is 0 Å². The lowest BCUT2D eigenvalue weighted by atomic mass is 9.86. The van der Waals surface area contributed by atoms with E-state index in [9.17, 15) is 9.90 Å². The van der Waals surface area contributed by atoms with Crippen molar-refractivity contribution in [3.8, 4) is 0 Å². The molecule has 3 atom stereocenters. The summed E-state index contributed by atoms with van der Waals surface area (Å²) in [6.07, 6.45) is 10.9. The molecule has 1 aromatic heterocycles. The highest BCUT2D eigenvalue weighted by Gasteiger charge is 2.28. The molecule has 0 amide bonds. The summed E-state index contributed by atoms with van der Waals surface area (Å²) in [4.78, 5) is 19.0. The molecule has 3 heterocycles. The van der Waals surface area contributed by atoms with Crippen molar-refractivity contribution in [3.63, 3.8) is 0 Å².